The summed E-state index contributed by atoms with van der Waals surface area (Å²) in [7, 11) is 2.01. The van der Waals surface area contributed by atoms with Gasteiger partial charge in [0.05, 0.1) is 11.3 Å². The Balaban J connectivity index is 1.56. The first-order chi connectivity index (χ1) is 12.6. The Hall–Kier alpha value is -2.89. The zero-order valence-electron chi connectivity index (χ0n) is 14.8. The lowest BCUT2D eigenvalue weighted by atomic mass is 9.97. The van der Waals surface area contributed by atoms with Gasteiger partial charge in [-0.1, -0.05) is 0 Å². The molecule has 1 atom stereocenters. The van der Waals surface area contributed by atoms with Crippen LogP contribution < -0.4 is 10.2 Å². The molecule has 0 unspecified atom stereocenters. The molecule has 2 aliphatic rings. The summed E-state index contributed by atoms with van der Waals surface area (Å²) in [5, 5.41) is 2.92. The predicted octanol–water partition coefficient (Wildman–Crippen LogP) is 2.41. The van der Waals surface area contributed by atoms with Gasteiger partial charge in [-0.05, 0) is 55.2 Å². The molecule has 6 heteroatoms. The topological polar surface area (TPSA) is 65.5 Å². The Bertz CT molecular complexity index is 837. The fourth-order valence-electron chi connectivity index (χ4n) is 3.80. The van der Waals surface area contributed by atoms with E-state index < -0.39 is 0 Å². The Labute approximate surface area is 152 Å². The highest BCUT2D eigenvalue weighted by atomic mass is 16.2. The third-order valence-electron chi connectivity index (χ3n) is 5.25. The monoisotopic (exact) mass is 350 g/mol. The Morgan fingerprint density at radius 3 is 2.85 bits per heavy atom. The molecule has 1 fully saturated rings. The standard InChI is InChI=1S/C20H22N4O2/c1-23-17-12-15(19(25)22-13-14-7-9-21-10-8-14)5-6-16(17)20(26)24-11-3-2-4-18(23)24/h5-10,12,18H,2-4,11,13H2,1H3,(H,22,25)/t18-/m0/s1. The minimum Gasteiger partial charge on any atom is -0.354 e. The van der Waals surface area contributed by atoms with Crippen LogP contribution in [-0.4, -0.2) is 41.5 Å². The highest BCUT2D eigenvalue weighted by molar-refractivity contribution is 6.04. The fraction of sp³-hybridized carbons (Fsp3) is 0.350. The van der Waals surface area contributed by atoms with E-state index in [1.807, 2.05) is 30.1 Å². The van der Waals surface area contributed by atoms with Crippen LogP contribution in [0.1, 0.15) is 45.5 Å². The van der Waals surface area contributed by atoms with E-state index in [4.69, 9.17) is 0 Å². The molecule has 0 spiro atoms. The molecular weight excluding hydrogens is 328 g/mol. The maximum Gasteiger partial charge on any atom is 0.257 e. The van der Waals surface area contributed by atoms with Crippen molar-refractivity contribution < 1.29 is 9.59 Å². The molecule has 2 aromatic rings. The predicted molar refractivity (Wildman–Crippen MR) is 98.9 cm³/mol. The minimum absolute atomic E-state index is 0.0755. The van der Waals surface area contributed by atoms with Crippen molar-refractivity contribution >= 4 is 17.5 Å². The van der Waals surface area contributed by atoms with Gasteiger partial charge in [0.1, 0.15) is 6.17 Å². The lowest BCUT2D eigenvalue weighted by Gasteiger charge is -2.46. The number of pyridine rings is 1. The van der Waals surface area contributed by atoms with Crippen molar-refractivity contribution in [1.82, 2.24) is 15.2 Å². The second-order valence-corrected chi connectivity index (χ2v) is 6.86. The molecule has 1 aromatic heterocycles. The summed E-state index contributed by atoms with van der Waals surface area (Å²) in [5.41, 5.74) is 3.09. The molecule has 134 valence electrons. The first-order valence-electron chi connectivity index (χ1n) is 9.00. The number of hydrogen-bond acceptors (Lipinski definition) is 4. The maximum absolute atomic E-state index is 12.8. The van der Waals surface area contributed by atoms with E-state index in [0.29, 0.717) is 17.7 Å². The van der Waals surface area contributed by atoms with Crippen LogP contribution in [0.2, 0.25) is 0 Å². The summed E-state index contributed by atoms with van der Waals surface area (Å²) in [4.78, 5) is 33.4. The van der Waals surface area contributed by atoms with Crippen molar-refractivity contribution in [3.63, 3.8) is 0 Å². The van der Waals surface area contributed by atoms with E-state index in [-0.39, 0.29) is 18.0 Å². The Morgan fingerprint density at radius 2 is 2.04 bits per heavy atom. The summed E-state index contributed by atoms with van der Waals surface area (Å²) in [6.07, 6.45) is 6.66. The van der Waals surface area contributed by atoms with Crippen LogP contribution in [0.4, 0.5) is 5.69 Å². The molecule has 1 saturated heterocycles. The molecule has 0 saturated carbocycles. The first-order valence-corrected chi connectivity index (χ1v) is 9.00. The number of nitrogens with zero attached hydrogens (tertiary/aromatic N) is 3. The molecule has 0 aliphatic carbocycles. The molecule has 2 amide bonds. The molecule has 26 heavy (non-hydrogen) atoms. The molecule has 6 nitrogen and oxygen atoms in total. The summed E-state index contributed by atoms with van der Waals surface area (Å²) < 4.78 is 0. The van der Waals surface area contributed by atoms with Crippen LogP contribution in [0, 0.1) is 0 Å². The Morgan fingerprint density at radius 1 is 1.23 bits per heavy atom. The van der Waals surface area contributed by atoms with Gasteiger partial charge in [0.2, 0.25) is 0 Å². The number of fused-ring (bicyclic) bond motifs is 2. The average Bonchev–Trinajstić information content (AvgIpc) is 2.70. The minimum atomic E-state index is -0.142. The van der Waals surface area contributed by atoms with Crippen LogP contribution in [-0.2, 0) is 6.54 Å². The van der Waals surface area contributed by atoms with E-state index in [1.165, 1.54) is 0 Å². The average molecular weight is 350 g/mol. The number of amides is 2. The molecule has 2 aliphatic heterocycles. The summed E-state index contributed by atoms with van der Waals surface area (Å²) in [6.45, 7) is 1.26. The van der Waals surface area contributed by atoms with Gasteiger partial charge in [-0.3, -0.25) is 14.6 Å². The smallest absolute Gasteiger partial charge is 0.257 e. The molecule has 1 N–H and O–H groups in total. The van der Waals surface area contributed by atoms with Gasteiger partial charge in [-0.25, -0.2) is 0 Å². The SMILES string of the molecule is CN1c2cc(C(=O)NCc3ccncc3)ccc2C(=O)N2CCCC[C@H]21. The summed E-state index contributed by atoms with van der Waals surface area (Å²) in [6, 6.07) is 9.09. The normalized spacial score (nSPS) is 19.0. The van der Waals surface area contributed by atoms with Gasteiger partial charge in [0, 0.05) is 38.1 Å². The molecule has 1 aromatic carbocycles. The van der Waals surface area contributed by atoms with Crippen LogP contribution >= 0.6 is 0 Å². The number of hydrogen-bond donors (Lipinski definition) is 1. The number of carbonyl (C=O) groups excluding carboxylic acids is 2. The number of carbonyl (C=O) groups is 2. The second kappa shape index (κ2) is 6.78. The van der Waals surface area contributed by atoms with Crippen LogP contribution in [0.3, 0.4) is 0 Å². The molecule has 0 radical (unpaired) electrons. The molecule has 0 bridgehead atoms. The van der Waals surface area contributed by atoms with Crippen molar-refractivity contribution in [2.75, 3.05) is 18.5 Å². The van der Waals surface area contributed by atoms with Crippen LogP contribution in [0.25, 0.3) is 0 Å². The van der Waals surface area contributed by atoms with E-state index in [2.05, 4.69) is 15.2 Å². The zero-order chi connectivity index (χ0) is 18.1. The lowest BCUT2D eigenvalue weighted by Crippen LogP contribution is -2.55. The van der Waals surface area contributed by atoms with Gasteiger partial charge in [0.15, 0.2) is 0 Å². The van der Waals surface area contributed by atoms with Crippen molar-refractivity contribution in [3.05, 3.63) is 59.4 Å². The largest absolute Gasteiger partial charge is 0.354 e. The van der Waals surface area contributed by atoms with E-state index in [1.54, 1.807) is 24.5 Å². The zero-order valence-corrected chi connectivity index (χ0v) is 14.8. The van der Waals surface area contributed by atoms with Crippen molar-refractivity contribution in [2.45, 2.75) is 32.0 Å². The first kappa shape index (κ1) is 16.6. The fourth-order valence-corrected chi connectivity index (χ4v) is 3.80. The molecule has 4 rings (SSSR count). The highest BCUT2D eigenvalue weighted by Crippen LogP contribution is 2.34. The Kier molecular flexibility index (Phi) is 4.32. The van der Waals surface area contributed by atoms with Gasteiger partial charge in [-0.15, -0.1) is 0 Å². The third kappa shape index (κ3) is 2.92. The van der Waals surface area contributed by atoms with Crippen molar-refractivity contribution in [1.29, 1.82) is 0 Å². The summed E-state index contributed by atoms with van der Waals surface area (Å²) in [5.74, 6) is -0.0666. The third-order valence-corrected chi connectivity index (χ3v) is 5.25. The van der Waals surface area contributed by atoms with Gasteiger partial charge in [0.25, 0.3) is 11.8 Å². The summed E-state index contributed by atoms with van der Waals surface area (Å²) >= 11 is 0. The number of anilines is 1. The maximum atomic E-state index is 12.8. The van der Waals surface area contributed by atoms with E-state index in [9.17, 15) is 9.59 Å². The van der Waals surface area contributed by atoms with Crippen LogP contribution in [0.5, 0.6) is 0 Å². The quantitative estimate of drug-likeness (QED) is 0.923. The number of piperidine rings is 1. The second-order valence-electron chi connectivity index (χ2n) is 6.86. The number of nitrogens with one attached hydrogen (secondary N) is 1. The lowest BCUT2D eigenvalue weighted by molar-refractivity contribution is 0.0589. The van der Waals surface area contributed by atoms with Gasteiger partial charge in [-0.2, -0.15) is 0 Å². The number of aromatic nitrogens is 1. The highest BCUT2D eigenvalue weighted by Gasteiger charge is 2.37. The van der Waals surface area contributed by atoms with E-state index >= 15 is 0 Å². The molecular formula is C20H22N4O2. The van der Waals surface area contributed by atoms with Gasteiger partial charge < -0.3 is 15.1 Å². The number of benzene rings is 1. The van der Waals surface area contributed by atoms with Crippen molar-refractivity contribution in [2.24, 2.45) is 0 Å². The van der Waals surface area contributed by atoms with Crippen LogP contribution in [0.15, 0.2) is 42.7 Å². The van der Waals surface area contributed by atoms with Crippen molar-refractivity contribution in [3.8, 4) is 0 Å². The molecule has 3 heterocycles. The van der Waals surface area contributed by atoms with E-state index in [0.717, 1.165) is 37.1 Å². The van der Waals surface area contributed by atoms with Gasteiger partial charge >= 0.3 is 0 Å². The number of rotatable bonds is 3.